The van der Waals surface area contributed by atoms with Crippen LogP contribution in [0.2, 0.25) is 5.02 Å². The van der Waals surface area contributed by atoms with E-state index in [1.165, 1.54) is 0 Å². The highest BCUT2D eigenvalue weighted by Crippen LogP contribution is 2.22. The molecule has 6 nitrogen and oxygen atoms in total. The minimum atomic E-state index is 0.664. The first-order chi connectivity index (χ1) is 12.2. The van der Waals surface area contributed by atoms with Crippen molar-refractivity contribution in [2.24, 2.45) is 0 Å². The van der Waals surface area contributed by atoms with Crippen LogP contribution in [-0.2, 0) is 0 Å². The van der Waals surface area contributed by atoms with E-state index in [2.05, 4.69) is 20.6 Å². The standard InChI is InChI=1S/C18H14ClN5O/c1-25-15-8-2-12(3-9-15)18-22-21-17-11-10-16(23-24(17)18)20-14-6-4-13(19)5-7-14/h2-11H,1H3,(H,20,23). The molecule has 2 heterocycles. The van der Waals surface area contributed by atoms with Gasteiger partial charge in [0.05, 0.1) is 7.11 Å². The molecule has 4 rings (SSSR count). The molecule has 0 spiro atoms. The minimum absolute atomic E-state index is 0.664. The fraction of sp³-hybridized carbons (Fsp3) is 0.0556. The summed E-state index contributed by atoms with van der Waals surface area (Å²) in [5.74, 6) is 2.14. The van der Waals surface area contributed by atoms with E-state index in [0.717, 1.165) is 17.0 Å². The first-order valence-electron chi connectivity index (χ1n) is 7.62. The van der Waals surface area contributed by atoms with Crippen LogP contribution < -0.4 is 10.1 Å². The number of aromatic nitrogens is 4. The van der Waals surface area contributed by atoms with Crippen LogP contribution in [0.25, 0.3) is 17.0 Å². The Bertz CT molecular complexity index is 1010. The Morgan fingerprint density at radius 2 is 1.68 bits per heavy atom. The molecule has 0 bridgehead atoms. The summed E-state index contributed by atoms with van der Waals surface area (Å²) in [5, 5.41) is 16.9. The maximum atomic E-state index is 5.92. The van der Waals surface area contributed by atoms with E-state index in [0.29, 0.717) is 22.3 Å². The predicted molar refractivity (Wildman–Crippen MR) is 97.5 cm³/mol. The summed E-state index contributed by atoms with van der Waals surface area (Å²) in [6.07, 6.45) is 0. The van der Waals surface area contributed by atoms with E-state index < -0.39 is 0 Å². The first kappa shape index (κ1) is 15.4. The molecular formula is C18H14ClN5O. The third-order valence-electron chi connectivity index (χ3n) is 3.73. The Balaban J connectivity index is 1.70. The number of hydrogen-bond acceptors (Lipinski definition) is 5. The summed E-state index contributed by atoms with van der Waals surface area (Å²) in [6, 6.07) is 18.8. The highest BCUT2D eigenvalue weighted by molar-refractivity contribution is 6.30. The lowest BCUT2D eigenvalue weighted by molar-refractivity contribution is 0.415. The van der Waals surface area contributed by atoms with Crippen molar-refractivity contribution < 1.29 is 4.74 Å². The Morgan fingerprint density at radius 3 is 2.40 bits per heavy atom. The van der Waals surface area contributed by atoms with Crippen LogP contribution in [-0.4, -0.2) is 26.9 Å². The summed E-state index contributed by atoms with van der Waals surface area (Å²) < 4.78 is 6.90. The second-order valence-corrected chi connectivity index (χ2v) is 5.81. The van der Waals surface area contributed by atoms with Crippen LogP contribution in [0.15, 0.2) is 60.7 Å². The van der Waals surface area contributed by atoms with Crippen molar-refractivity contribution >= 4 is 28.8 Å². The van der Waals surface area contributed by atoms with Gasteiger partial charge in [-0.05, 0) is 60.7 Å². The maximum Gasteiger partial charge on any atom is 0.185 e. The van der Waals surface area contributed by atoms with Crippen LogP contribution in [0, 0.1) is 0 Å². The lowest BCUT2D eigenvalue weighted by Gasteiger charge is -2.07. The molecule has 0 radical (unpaired) electrons. The van der Waals surface area contributed by atoms with Crippen LogP contribution in [0.1, 0.15) is 0 Å². The fourth-order valence-electron chi connectivity index (χ4n) is 2.46. The zero-order valence-corrected chi connectivity index (χ0v) is 14.1. The molecule has 0 aliphatic heterocycles. The van der Waals surface area contributed by atoms with Gasteiger partial charge in [-0.15, -0.1) is 15.3 Å². The number of fused-ring (bicyclic) bond motifs is 1. The van der Waals surface area contributed by atoms with Crippen LogP contribution in [0.5, 0.6) is 5.75 Å². The minimum Gasteiger partial charge on any atom is -0.497 e. The lowest BCUT2D eigenvalue weighted by Crippen LogP contribution is -2.00. The van der Waals surface area contributed by atoms with Gasteiger partial charge in [0.1, 0.15) is 5.75 Å². The average molecular weight is 352 g/mol. The zero-order chi connectivity index (χ0) is 17.2. The quantitative estimate of drug-likeness (QED) is 0.597. The number of halogens is 1. The van der Waals surface area contributed by atoms with Crippen molar-refractivity contribution in [2.75, 3.05) is 12.4 Å². The third-order valence-corrected chi connectivity index (χ3v) is 3.98. The Hall–Kier alpha value is -3.12. The molecule has 0 atom stereocenters. The highest BCUT2D eigenvalue weighted by atomic mass is 35.5. The van der Waals surface area contributed by atoms with Gasteiger partial charge in [-0.25, -0.2) is 0 Å². The number of hydrogen-bond donors (Lipinski definition) is 1. The van der Waals surface area contributed by atoms with E-state index in [4.69, 9.17) is 16.3 Å². The SMILES string of the molecule is COc1ccc(-c2nnc3ccc(Nc4ccc(Cl)cc4)nn23)cc1. The number of benzene rings is 2. The summed E-state index contributed by atoms with van der Waals surface area (Å²) >= 11 is 5.92. The number of nitrogens with one attached hydrogen (secondary N) is 1. The molecule has 0 fully saturated rings. The van der Waals surface area contributed by atoms with E-state index in [9.17, 15) is 0 Å². The molecule has 0 saturated heterocycles. The van der Waals surface area contributed by atoms with Gasteiger partial charge in [-0.1, -0.05) is 11.6 Å². The van der Waals surface area contributed by atoms with Gasteiger partial charge in [0, 0.05) is 16.3 Å². The number of nitrogens with zero attached hydrogens (tertiary/aromatic N) is 4. The summed E-state index contributed by atoms with van der Waals surface area (Å²) in [5.41, 5.74) is 2.48. The van der Waals surface area contributed by atoms with Gasteiger partial charge in [-0.3, -0.25) is 0 Å². The summed E-state index contributed by atoms with van der Waals surface area (Å²) in [6.45, 7) is 0. The average Bonchev–Trinajstić information content (AvgIpc) is 3.07. The fourth-order valence-corrected chi connectivity index (χ4v) is 2.58. The molecule has 4 aromatic rings. The number of anilines is 2. The smallest absolute Gasteiger partial charge is 0.185 e. The molecule has 0 saturated carbocycles. The Labute approximate surface area is 149 Å². The monoisotopic (exact) mass is 351 g/mol. The topological polar surface area (TPSA) is 64.3 Å². The van der Waals surface area contributed by atoms with E-state index in [1.54, 1.807) is 11.6 Å². The van der Waals surface area contributed by atoms with Crippen molar-refractivity contribution in [3.63, 3.8) is 0 Å². The predicted octanol–water partition coefficient (Wildman–Crippen LogP) is 4.20. The number of ether oxygens (including phenoxy) is 1. The normalized spacial score (nSPS) is 10.8. The van der Waals surface area contributed by atoms with Crippen molar-refractivity contribution in [1.82, 2.24) is 19.8 Å². The Kier molecular flexibility index (Phi) is 3.95. The van der Waals surface area contributed by atoms with Gasteiger partial charge in [0.15, 0.2) is 17.3 Å². The molecule has 0 aliphatic carbocycles. The van der Waals surface area contributed by atoms with Gasteiger partial charge in [-0.2, -0.15) is 4.52 Å². The molecule has 2 aromatic heterocycles. The lowest BCUT2D eigenvalue weighted by atomic mass is 10.2. The Morgan fingerprint density at radius 1 is 0.920 bits per heavy atom. The van der Waals surface area contributed by atoms with Crippen molar-refractivity contribution in [3.05, 3.63) is 65.7 Å². The third kappa shape index (κ3) is 3.12. The summed E-state index contributed by atoms with van der Waals surface area (Å²) in [7, 11) is 1.64. The van der Waals surface area contributed by atoms with Crippen molar-refractivity contribution in [1.29, 1.82) is 0 Å². The van der Waals surface area contributed by atoms with Crippen LogP contribution >= 0.6 is 11.6 Å². The molecular weight excluding hydrogens is 338 g/mol. The zero-order valence-electron chi connectivity index (χ0n) is 13.3. The molecule has 7 heteroatoms. The second-order valence-electron chi connectivity index (χ2n) is 5.37. The molecule has 25 heavy (non-hydrogen) atoms. The molecule has 1 N–H and O–H groups in total. The molecule has 0 unspecified atom stereocenters. The first-order valence-corrected chi connectivity index (χ1v) is 8.00. The second kappa shape index (κ2) is 6.41. The van der Waals surface area contributed by atoms with Gasteiger partial charge < -0.3 is 10.1 Å². The van der Waals surface area contributed by atoms with Crippen molar-refractivity contribution in [3.8, 4) is 17.1 Å². The van der Waals surface area contributed by atoms with E-state index in [-0.39, 0.29) is 0 Å². The van der Waals surface area contributed by atoms with Gasteiger partial charge >= 0.3 is 0 Å². The van der Waals surface area contributed by atoms with E-state index >= 15 is 0 Å². The number of methoxy groups -OCH3 is 1. The molecule has 0 aliphatic rings. The van der Waals surface area contributed by atoms with E-state index in [1.807, 2.05) is 60.7 Å². The highest BCUT2D eigenvalue weighted by Gasteiger charge is 2.10. The maximum absolute atomic E-state index is 5.92. The van der Waals surface area contributed by atoms with Crippen molar-refractivity contribution in [2.45, 2.75) is 0 Å². The summed E-state index contributed by atoms with van der Waals surface area (Å²) in [4.78, 5) is 0. The van der Waals surface area contributed by atoms with Gasteiger partial charge in [0.2, 0.25) is 0 Å². The molecule has 0 amide bonds. The van der Waals surface area contributed by atoms with Crippen LogP contribution in [0.3, 0.4) is 0 Å². The largest absolute Gasteiger partial charge is 0.497 e. The number of rotatable bonds is 4. The molecule has 2 aromatic carbocycles. The molecule has 124 valence electrons. The van der Waals surface area contributed by atoms with Gasteiger partial charge in [0.25, 0.3) is 0 Å². The van der Waals surface area contributed by atoms with Crippen LogP contribution in [0.4, 0.5) is 11.5 Å².